The first-order chi connectivity index (χ1) is 15.5. The van der Waals surface area contributed by atoms with Gasteiger partial charge >= 0.3 is 18.2 Å². The van der Waals surface area contributed by atoms with Gasteiger partial charge < -0.3 is 9.64 Å². The lowest BCUT2D eigenvalue weighted by atomic mass is 9.96. The van der Waals surface area contributed by atoms with Crippen LogP contribution in [0.5, 0.6) is 0 Å². The van der Waals surface area contributed by atoms with E-state index < -0.39 is 24.2 Å². The minimum atomic E-state index is -4.77. The van der Waals surface area contributed by atoms with Gasteiger partial charge in [0.05, 0.1) is 12.7 Å². The summed E-state index contributed by atoms with van der Waals surface area (Å²) in [6, 6.07) is 8.84. The Morgan fingerprint density at radius 2 is 1.70 bits per heavy atom. The molecule has 0 fully saturated rings. The molecular formula is C24H26F3N3O3. The topological polar surface area (TPSA) is 73.6 Å². The van der Waals surface area contributed by atoms with Crippen molar-refractivity contribution in [2.24, 2.45) is 5.92 Å². The molecule has 2 amide bonds. The second-order valence-electron chi connectivity index (χ2n) is 7.92. The highest BCUT2D eigenvalue weighted by Crippen LogP contribution is 2.39. The first-order valence-electron chi connectivity index (χ1n) is 10.3. The fourth-order valence-electron chi connectivity index (χ4n) is 3.38. The molecule has 33 heavy (non-hydrogen) atoms. The van der Waals surface area contributed by atoms with Crippen LogP contribution in [-0.2, 0) is 4.74 Å². The summed E-state index contributed by atoms with van der Waals surface area (Å²) in [5, 5.41) is 9.05. The maximum Gasteiger partial charge on any atom is 0.413 e. The smallest absolute Gasteiger partial charge is 0.413 e. The van der Waals surface area contributed by atoms with Crippen LogP contribution in [0.25, 0.3) is 11.1 Å². The van der Waals surface area contributed by atoms with Crippen molar-refractivity contribution in [2.75, 3.05) is 20.7 Å². The Morgan fingerprint density at radius 1 is 1.09 bits per heavy atom. The SMILES string of the molecule is COC(=O)c1ccccc1-c1ccc(C(N(CCC(C)C)C(=O)N(C)C#N)C(F)(F)F)cc1. The summed E-state index contributed by atoms with van der Waals surface area (Å²) in [7, 11) is 2.38. The van der Waals surface area contributed by atoms with E-state index in [1.165, 1.54) is 31.4 Å². The van der Waals surface area contributed by atoms with E-state index in [1.54, 1.807) is 30.5 Å². The third kappa shape index (κ3) is 6.25. The molecule has 2 aromatic carbocycles. The van der Waals surface area contributed by atoms with Gasteiger partial charge in [0.15, 0.2) is 12.2 Å². The normalized spacial score (nSPS) is 12.1. The number of carbonyl (C=O) groups is 2. The average Bonchev–Trinajstić information content (AvgIpc) is 2.79. The summed E-state index contributed by atoms with van der Waals surface area (Å²) < 4.78 is 47.4. The number of hydrogen-bond acceptors (Lipinski definition) is 4. The van der Waals surface area contributed by atoms with Crippen molar-refractivity contribution in [3.63, 3.8) is 0 Å². The van der Waals surface area contributed by atoms with Crippen LogP contribution in [0.3, 0.4) is 0 Å². The van der Waals surface area contributed by atoms with Crippen LogP contribution in [-0.4, -0.2) is 48.7 Å². The van der Waals surface area contributed by atoms with Crippen LogP contribution in [0.15, 0.2) is 48.5 Å². The maximum absolute atomic E-state index is 14.2. The Balaban J connectivity index is 2.52. The van der Waals surface area contributed by atoms with E-state index >= 15 is 0 Å². The van der Waals surface area contributed by atoms with Gasteiger partial charge in [-0.1, -0.05) is 56.3 Å². The third-order valence-corrected chi connectivity index (χ3v) is 5.12. The van der Waals surface area contributed by atoms with Crippen molar-refractivity contribution >= 4 is 12.0 Å². The van der Waals surface area contributed by atoms with Crippen molar-refractivity contribution < 1.29 is 27.5 Å². The van der Waals surface area contributed by atoms with Crippen molar-refractivity contribution in [1.29, 1.82) is 5.26 Å². The molecule has 2 aromatic rings. The van der Waals surface area contributed by atoms with E-state index in [0.717, 1.165) is 7.05 Å². The van der Waals surface area contributed by atoms with Crippen molar-refractivity contribution in [2.45, 2.75) is 32.5 Å². The highest BCUT2D eigenvalue weighted by Gasteiger charge is 2.47. The maximum atomic E-state index is 14.2. The minimum Gasteiger partial charge on any atom is -0.465 e. The Kier molecular flexibility index (Phi) is 8.46. The molecule has 0 aliphatic carbocycles. The molecule has 0 spiro atoms. The van der Waals surface area contributed by atoms with Crippen LogP contribution in [0.2, 0.25) is 0 Å². The van der Waals surface area contributed by atoms with Crippen LogP contribution >= 0.6 is 0 Å². The van der Waals surface area contributed by atoms with E-state index in [1.807, 2.05) is 13.8 Å². The quantitative estimate of drug-likeness (QED) is 0.305. The number of hydrogen-bond donors (Lipinski definition) is 0. The molecular weight excluding hydrogens is 435 g/mol. The third-order valence-electron chi connectivity index (χ3n) is 5.12. The fourth-order valence-corrected chi connectivity index (χ4v) is 3.38. The second kappa shape index (κ2) is 10.9. The predicted molar refractivity (Wildman–Crippen MR) is 117 cm³/mol. The first-order valence-corrected chi connectivity index (χ1v) is 10.3. The Bertz CT molecular complexity index is 1010. The molecule has 0 radical (unpaired) electrons. The van der Waals surface area contributed by atoms with Crippen LogP contribution in [0, 0.1) is 17.4 Å². The predicted octanol–water partition coefficient (Wildman–Crippen LogP) is 5.62. The highest BCUT2D eigenvalue weighted by atomic mass is 19.4. The van der Waals surface area contributed by atoms with Gasteiger partial charge in [0, 0.05) is 13.6 Å². The van der Waals surface area contributed by atoms with Gasteiger partial charge in [-0.3, -0.25) is 0 Å². The monoisotopic (exact) mass is 461 g/mol. The minimum absolute atomic E-state index is 0.0544. The molecule has 0 aromatic heterocycles. The molecule has 176 valence electrons. The molecule has 2 rings (SSSR count). The van der Waals surface area contributed by atoms with Gasteiger partial charge in [0.2, 0.25) is 0 Å². The summed E-state index contributed by atoms with van der Waals surface area (Å²) in [6.07, 6.45) is -2.86. The Hall–Kier alpha value is -3.54. The number of rotatable bonds is 7. The summed E-state index contributed by atoms with van der Waals surface area (Å²) in [5.74, 6) is -0.508. The number of ether oxygens (including phenoxy) is 1. The number of urea groups is 1. The molecule has 1 unspecified atom stereocenters. The Labute approximate surface area is 191 Å². The number of methoxy groups -OCH3 is 1. The van der Waals surface area contributed by atoms with Crippen LogP contribution < -0.4 is 0 Å². The van der Waals surface area contributed by atoms with Gasteiger partial charge in [0.1, 0.15) is 0 Å². The molecule has 0 saturated heterocycles. The van der Waals surface area contributed by atoms with Gasteiger partial charge in [-0.2, -0.15) is 18.4 Å². The molecule has 1 atom stereocenters. The zero-order valence-electron chi connectivity index (χ0n) is 18.9. The van der Waals surface area contributed by atoms with Gasteiger partial charge in [-0.05, 0) is 35.1 Å². The van der Waals surface area contributed by atoms with Crippen molar-refractivity contribution in [1.82, 2.24) is 9.80 Å². The van der Waals surface area contributed by atoms with Crippen molar-refractivity contribution in [3.05, 3.63) is 59.7 Å². The number of nitriles is 1. The summed E-state index contributed by atoms with van der Waals surface area (Å²) in [4.78, 5) is 26.0. The summed E-state index contributed by atoms with van der Waals surface area (Å²) in [6.45, 7) is 3.51. The number of benzene rings is 2. The lowest BCUT2D eigenvalue weighted by Gasteiger charge is -2.35. The van der Waals surface area contributed by atoms with Gasteiger partial charge in [-0.15, -0.1) is 0 Å². The Morgan fingerprint density at radius 3 is 2.21 bits per heavy atom. The molecule has 0 bridgehead atoms. The number of amides is 2. The number of esters is 1. The summed E-state index contributed by atoms with van der Waals surface area (Å²) in [5.41, 5.74) is 1.17. The summed E-state index contributed by atoms with van der Waals surface area (Å²) >= 11 is 0. The van der Waals surface area contributed by atoms with E-state index in [0.29, 0.717) is 27.3 Å². The highest BCUT2D eigenvalue weighted by molar-refractivity contribution is 5.97. The van der Waals surface area contributed by atoms with Gasteiger partial charge in [0.25, 0.3) is 0 Å². The molecule has 6 nitrogen and oxygen atoms in total. The average molecular weight is 461 g/mol. The number of alkyl halides is 3. The zero-order valence-corrected chi connectivity index (χ0v) is 18.9. The van der Waals surface area contributed by atoms with E-state index in [9.17, 15) is 22.8 Å². The lowest BCUT2D eigenvalue weighted by Crippen LogP contribution is -2.47. The molecule has 9 heteroatoms. The van der Waals surface area contributed by atoms with E-state index in [-0.39, 0.29) is 23.6 Å². The lowest BCUT2D eigenvalue weighted by molar-refractivity contribution is -0.179. The fraction of sp³-hybridized carbons (Fsp3) is 0.375. The molecule has 0 N–H and O–H groups in total. The standard InChI is InChI=1S/C24H26F3N3O3/c1-16(2)13-14-30(23(32)29(3)15-28)21(24(25,26)27)18-11-9-17(10-12-18)19-7-5-6-8-20(19)22(31)33-4/h5-12,16,21H,13-14H2,1-4H3. The number of nitrogens with zero attached hydrogens (tertiary/aromatic N) is 3. The molecule has 0 aliphatic heterocycles. The number of halogens is 3. The zero-order chi connectivity index (χ0) is 24.8. The van der Waals surface area contributed by atoms with E-state index in [2.05, 4.69) is 0 Å². The first kappa shape index (κ1) is 25.7. The van der Waals surface area contributed by atoms with Crippen LogP contribution in [0.4, 0.5) is 18.0 Å². The molecule has 0 aliphatic rings. The van der Waals surface area contributed by atoms with Gasteiger partial charge in [-0.25, -0.2) is 14.5 Å². The van der Waals surface area contributed by atoms with Crippen LogP contribution in [0.1, 0.15) is 42.2 Å². The largest absolute Gasteiger partial charge is 0.465 e. The molecule has 0 heterocycles. The second-order valence-corrected chi connectivity index (χ2v) is 7.92. The molecule has 0 saturated carbocycles. The van der Waals surface area contributed by atoms with Crippen molar-refractivity contribution in [3.8, 4) is 17.3 Å². The van der Waals surface area contributed by atoms with E-state index in [4.69, 9.17) is 10.00 Å². The number of carbonyl (C=O) groups excluding carboxylic acids is 2.